The van der Waals surface area contributed by atoms with Gasteiger partial charge in [0.1, 0.15) is 18.1 Å². The van der Waals surface area contributed by atoms with E-state index in [1.807, 2.05) is 0 Å². The third-order valence-electron chi connectivity index (χ3n) is 2.22. The Morgan fingerprint density at radius 2 is 1.95 bits per heavy atom. The number of rotatable bonds is 6. The second kappa shape index (κ2) is 7.99. The van der Waals surface area contributed by atoms with Gasteiger partial charge in [-0.1, -0.05) is 12.7 Å². The summed E-state index contributed by atoms with van der Waals surface area (Å²) in [4.78, 5) is 22.1. The zero-order chi connectivity index (χ0) is 16.0. The number of hydrogen-bond donors (Lipinski definition) is 2. The summed E-state index contributed by atoms with van der Waals surface area (Å²) in [5.74, 6) is -1.08. The summed E-state index contributed by atoms with van der Waals surface area (Å²) < 4.78 is 6.77. The highest BCUT2D eigenvalue weighted by molar-refractivity contribution is 9.11. The van der Waals surface area contributed by atoms with Gasteiger partial charge in [0.05, 0.1) is 8.95 Å². The molecule has 0 spiro atoms. The van der Waals surface area contributed by atoms with Crippen LogP contribution in [-0.2, 0) is 9.59 Å². The van der Waals surface area contributed by atoms with E-state index >= 15 is 0 Å². The normalized spacial score (nSPS) is 10.9. The van der Waals surface area contributed by atoms with Gasteiger partial charge in [0, 0.05) is 6.92 Å². The van der Waals surface area contributed by atoms with Crippen LogP contribution in [0, 0.1) is 0 Å². The van der Waals surface area contributed by atoms with Crippen molar-refractivity contribution in [2.45, 2.75) is 6.92 Å². The lowest BCUT2D eigenvalue weighted by Gasteiger charge is -2.10. The van der Waals surface area contributed by atoms with E-state index in [1.54, 1.807) is 18.2 Å². The van der Waals surface area contributed by atoms with Crippen LogP contribution in [0.25, 0.3) is 6.08 Å². The largest absolute Gasteiger partial charge is 0.487 e. The summed E-state index contributed by atoms with van der Waals surface area (Å²) in [5, 5.41) is 11.3. The molecule has 21 heavy (non-hydrogen) atoms. The number of halogens is 2. The molecule has 0 unspecified atom stereocenters. The summed E-state index contributed by atoms with van der Waals surface area (Å²) in [6.07, 6.45) is 2.97. The van der Waals surface area contributed by atoms with Crippen molar-refractivity contribution >= 4 is 49.8 Å². The second-order valence-corrected chi connectivity index (χ2v) is 5.67. The quantitative estimate of drug-likeness (QED) is 0.548. The molecule has 0 atom stereocenters. The molecule has 0 aliphatic carbocycles. The minimum Gasteiger partial charge on any atom is -0.487 e. The number of carboxylic acids is 1. The van der Waals surface area contributed by atoms with Gasteiger partial charge in [0.15, 0.2) is 0 Å². The van der Waals surface area contributed by atoms with E-state index in [9.17, 15) is 9.59 Å². The van der Waals surface area contributed by atoms with Crippen molar-refractivity contribution in [1.29, 1.82) is 0 Å². The fourth-order valence-corrected chi connectivity index (χ4v) is 2.90. The fourth-order valence-electron chi connectivity index (χ4n) is 1.45. The number of carbonyl (C=O) groups excluding carboxylic acids is 1. The van der Waals surface area contributed by atoms with Gasteiger partial charge in [-0.3, -0.25) is 4.79 Å². The van der Waals surface area contributed by atoms with Crippen LogP contribution in [-0.4, -0.2) is 23.6 Å². The first-order chi connectivity index (χ1) is 9.85. The van der Waals surface area contributed by atoms with Gasteiger partial charge in [-0.2, -0.15) is 0 Å². The Morgan fingerprint density at radius 1 is 1.38 bits per heavy atom. The van der Waals surface area contributed by atoms with Gasteiger partial charge in [-0.25, -0.2) is 4.79 Å². The van der Waals surface area contributed by atoms with E-state index in [0.717, 1.165) is 0 Å². The number of ether oxygens (including phenoxy) is 1. The number of amides is 1. The van der Waals surface area contributed by atoms with Gasteiger partial charge >= 0.3 is 5.97 Å². The van der Waals surface area contributed by atoms with Crippen molar-refractivity contribution in [3.8, 4) is 5.75 Å². The molecule has 0 bridgehead atoms. The molecule has 0 heterocycles. The van der Waals surface area contributed by atoms with Crippen molar-refractivity contribution in [3.63, 3.8) is 0 Å². The Balaban J connectivity index is 3.16. The third kappa shape index (κ3) is 5.35. The standard InChI is InChI=1S/C14H13Br2NO4/c1-3-4-21-13-10(15)5-9(6-11(13)16)7-12(14(19)20)17-8(2)18/h3,5-7H,1,4H2,2H3,(H,17,18)(H,19,20). The molecule has 1 amide bonds. The van der Waals surface area contributed by atoms with E-state index in [4.69, 9.17) is 9.84 Å². The molecule has 7 heteroatoms. The maximum absolute atomic E-state index is 11.1. The SMILES string of the molecule is C=CCOc1c(Br)cc(C=C(NC(C)=O)C(=O)O)cc1Br. The molecule has 1 rings (SSSR count). The van der Waals surface area contributed by atoms with Crippen LogP contribution in [0.1, 0.15) is 12.5 Å². The van der Waals surface area contributed by atoms with E-state index in [2.05, 4.69) is 43.8 Å². The zero-order valence-corrected chi connectivity index (χ0v) is 14.3. The maximum Gasteiger partial charge on any atom is 0.352 e. The monoisotopic (exact) mass is 417 g/mol. The topological polar surface area (TPSA) is 75.6 Å². The van der Waals surface area contributed by atoms with Crippen LogP contribution < -0.4 is 10.1 Å². The Morgan fingerprint density at radius 3 is 2.38 bits per heavy atom. The lowest BCUT2D eigenvalue weighted by atomic mass is 10.2. The molecule has 112 valence electrons. The molecule has 0 radical (unpaired) electrons. The summed E-state index contributed by atoms with van der Waals surface area (Å²) in [6, 6.07) is 3.38. The van der Waals surface area contributed by atoms with Crippen LogP contribution in [0.2, 0.25) is 0 Å². The third-order valence-corrected chi connectivity index (χ3v) is 3.40. The predicted octanol–water partition coefficient (Wildman–Crippen LogP) is 3.34. The van der Waals surface area contributed by atoms with Gasteiger partial charge < -0.3 is 15.2 Å². The Kier molecular flexibility index (Phi) is 6.64. The van der Waals surface area contributed by atoms with E-state index in [0.29, 0.717) is 26.9 Å². The summed E-state index contributed by atoms with van der Waals surface area (Å²) in [6.45, 7) is 5.16. The molecular weight excluding hydrogens is 406 g/mol. The molecular formula is C14H13Br2NO4. The molecule has 1 aromatic rings. The van der Waals surface area contributed by atoms with Crippen molar-refractivity contribution < 1.29 is 19.4 Å². The highest BCUT2D eigenvalue weighted by Gasteiger charge is 2.12. The zero-order valence-electron chi connectivity index (χ0n) is 11.2. The predicted molar refractivity (Wildman–Crippen MR) is 87.0 cm³/mol. The summed E-state index contributed by atoms with van der Waals surface area (Å²) in [7, 11) is 0. The average molecular weight is 419 g/mol. The Bertz CT molecular complexity index is 588. The van der Waals surface area contributed by atoms with Gasteiger partial charge in [-0.15, -0.1) is 0 Å². The van der Waals surface area contributed by atoms with Crippen molar-refractivity contribution in [3.05, 3.63) is 45.0 Å². The highest BCUT2D eigenvalue weighted by atomic mass is 79.9. The van der Waals surface area contributed by atoms with Crippen molar-refractivity contribution in [2.24, 2.45) is 0 Å². The molecule has 0 saturated heterocycles. The van der Waals surface area contributed by atoms with E-state index < -0.39 is 11.9 Å². The summed E-state index contributed by atoms with van der Waals surface area (Å²) >= 11 is 6.71. The van der Waals surface area contributed by atoms with Crippen molar-refractivity contribution in [1.82, 2.24) is 5.32 Å². The van der Waals surface area contributed by atoms with Crippen LogP contribution >= 0.6 is 31.9 Å². The number of benzene rings is 1. The minimum atomic E-state index is -1.22. The van der Waals surface area contributed by atoms with Gasteiger partial charge in [-0.05, 0) is 55.6 Å². The van der Waals surface area contributed by atoms with E-state index in [1.165, 1.54) is 13.0 Å². The van der Waals surface area contributed by atoms with Crippen LogP contribution in [0.4, 0.5) is 0 Å². The molecule has 0 fully saturated rings. The number of carboxylic acid groups (broad SMARTS) is 1. The fraction of sp³-hybridized carbons (Fsp3) is 0.143. The molecule has 1 aromatic carbocycles. The van der Waals surface area contributed by atoms with Crippen molar-refractivity contribution in [2.75, 3.05) is 6.61 Å². The highest BCUT2D eigenvalue weighted by Crippen LogP contribution is 2.35. The van der Waals surface area contributed by atoms with Crippen LogP contribution in [0.15, 0.2) is 39.4 Å². The molecule has 0 saturated carbocycles. The minimum absolute atomic E-state index is 0.207. The van der Waals surface area contributed by atoms with E-state index in [-0.39, 0.29) is 5.70 Å². The summed E-state index contributed by atoms with van der Waals surface area (Å²) in [5.41, 5.74) is 0.381. The lowest BCUT2D eigenvalue weighted by Crippen LogP contribution is -2.24. The smallest absolute Gasteiger partial charge is 0.352 e. The number of nitrogens with one attached hydrogen (secondary N) is 1. The molecule has 2 N–H and O–H groups in total. The Hall–Kier alpha value is -1.60. The van der Waals surface area contributed by atoms with Crippen LogP contribution in [0.3, 0.4) is 0 Å². The second-order valence-electron chi connectivity index (χ2n) is 3.96. The first-order valence-corrected chi connectivity index (χ1v) is 7.39. The molecule has 0 aliphatic heterocycles. The molecule has 5 nitrogen and oxygen atoms in total. The van der Waals surface area contributed by atoms with Gasteiger partial charge in [0.25, 0.3) is 0 Å². The first kappa shape index (κ1) is 17.5. The number of carbonyl (C=O) groups is 2. The number of aliphatic carboxylic acids is 1. The van der Waals surface area contributed by atoms with Crippen LogP contribution in [0.5, 0.6) is 5.75 Å². The Labute approximate surface area is 138 Å². The number of hydrogen-bond acceptors (Lipinski definition) is 3. The average Bonchev–Trinajstić information content (AvgIpc) is 2.36. The maximum atomic E-state index is 11.1. The molecule has 0 aliphatic rings. The van der Waals surface area contributed by atoms with Gasteiger partial charge in [0.2, 0.25) is 5.91 Å². The molecule has 0 aromatic heterocycles. The lowest BCUT2D eigenvalue weighted by molar-refractivity contribution is -0.134. The first-order valence-electron chi connectivity index (χ1n) is 5.80.